The molecule has 1 atom stereocenters. The van der Waals surface area contributed by atoms with Gasteiger partial charge in [-0.1, -0.05) is 17.7 Å². The molecule has 2 aromatic heterocycles. The lowest BCUT2D eigenvalue weighted by Crippen LogP contribution is -2.43. The summed E-state index contributed by atoms with van der Waals surface area (Å²) in [6.45, 7) is 6.94. The molecule has 0 aliphatic carbocycles. The molecule has 2 aliphatic rings. The van der Waals surface area contributed by atoms with Crippen molar-refractivity contribution >= 4 is 23.1 Å². The van der Waals surface area contributed by atoms with Crippen molar-refractivity contribution in [3.63, 3.8) is 0 Å². The van der Waals surface area contributed by atoms with Gasteiger partial charge in [0.25, 0.3) is 6.43 Å². The molecule has 0 spiro atoms. The number of rotatable bonds is 5. The molecule has 6 nitrogen and oxygen atoms in total. The number of pyridine rings is 1. The predicted molar refractivity (Wildman–Crippen MR) is 132 cm³/mol. The Labute approximate surface area is 203 Å². The van der Waals surface area contributed by atoms with Gasteiger partial charge in [0.15, 0.2) is 0 Å². The Balaban J connectivity index is 1.43. The van der Waals surface area contributed by atoms with Gasteiger partial charge < -0.3 is 15.1 Å². The minimum absolute atomic E-state index is 0.0193. The lowest BCUT2D eigenvalue weighted by atomic mass is 10.00. The molecule has 0 bridgehead atoms. The Morgan fingerprint density at radius 1 is 1.06 bits per heavy atom. The molecule has 180 valence electrons. The van der Waals surface area contributed by atoms with E-state index in [0.717, 1.165) is 68.2 Å². The van der Waals surface area contributed by atoms with Crippen molar-refractivity contribution in [2.45, 2.75) is 32.2 Å². The average Bonchev–Trinajstić information content (AvgIpc) is 3.26. The lowest BCUT2D eigenvalue weighted by Gasteiger charge is -2.36. The average molecular weight is 487 g/mol. The highest BCUT2D eigenvalue weighted by Crippen LogP contribution is 2.37. The Hall–Kier alpha value is -2.71. The molecule has 1 N–H and O–H groups in total. The monoisotopic (exact) mass is 486 g/mol. The standard InChI is InChI=1S/C25H29ClF2N6/c1-17-14-31-34(24(17)25(27)28)20-3-2-10-33(16-20)22-13-19(26)5-6-21(22)18-4-7-23(30-15-18)32-11-8-29-9-12-32/h4-7,13-15,20,25,29H,2-3,8-12,16H2,1H3. The van der Waals surface area contributed by atoms with E-state index in [-0.39, 0.29) is 11.7 Å². The van der Waals surface area contributed by atoms with Gasteiger partial charge in [0.1, 0.15) is 11.5 Å². The van der Waals surface area contributed by atoms with Crippen LogP contribution in [0.4, 0.5) is 20.3 Å². The van der Waals surface area contributed by atoms with Crippen LogP contribution in [0.25, 0.3) is 11.1 Å². The number of nitrogens with one attached hydrogen (secondary N) is 1. The Kier molecular flexibility index (Phi) is 6.70. The zero-order valence-electron chi connectivity index (χ0n) is 19.2. The second-order valence-corrected chi connectivity index (χ2v) is 9.44. The first-order valence-corrected chi connectivity index (χ1v) is 12.2. The van der Waals surface area contributed by atoms with E-state index >= 15 is 0 Å². The molecule has 2 fully saturated rings. The van der Waals surface area contributed by atoms with Gasteiger partial charge >= 0.3 is 0 Å². The quantitative estimate of drug-likeness (QED) is 0.544. The number of piperidine rings is 1. The van der Waals surface area contributed by atoms with E-state index in [1.807, 2.05) is 24.4 Å². The number of nitrogens with zero attached hydrogens (tertiary/aromatic N) is 5. The van der Waals surface area contributed by atoms with Crippen LogP contribution in [-0.4, -0.2) is 54.0 Å². The first-order chi connectivity index (χ1) is 16.5. The van der Waals surface area contributed by atoms with Crippen molar-refractivity contribution < 1.29 is 8.78 Å². The second kappa shape index (κ2) is 9.88. The van der Waals surface area contributed by atoms with Crippen molar-refractivity contribution in [1.29, 1.82) is 0 Å². The summed E-state index contributed by atoms with van der Waals surface area (Å²) in [5.41, 5.74) is 3.60. The summed E-state index contributed by atoms with van der Waals surface area (Å²) < 4.78 is 28.9. The largest absolute Gasteiger partial charge is 0.369 e. The highest BCUT2D eigenvalue weighted by Gasteiger charge is 2.28. The number of anilines is 2. The summed E-state index contributed by atoms with van der Waals surface area (Å²) in [6, 6.07) is 9.92. The summed E-state index contributed by atoms with van der Waals surface area (Å²) in [7, 11) is 0. The van der Waals surface area contributed by atoms with Crippen molar-refractivity contribution in [2.75, 3.05) is 49.1 Å². The van der Waals surface area contributed by atoms with E-state index < -0.39 is 6.43 Å². The van der Waals surface area contributed by atoms with Crippen LogP contribution < -0.4 is 15.1 Å². The fourth-order valence-electron chi connectivity index (χ4n) is 5.03. The van der Waals surface area contributed by atoms with Gasteiger partial charge in [-0.25, -0.2) is 13.8 Å². The van der Waals surface area contributed by atoms with Gasteiger partial charge in [-0.05, 0) is 49.6 Å². The van der Waals surface area contributed by atoms with E-state index in [9.17, 15) is 8.78 Å². The molecule has 3 aromatic rings. The zero-order valence-corrected chi connectivity index (χ0v) is 20.0. The van der Waals surface area contributed by atoms with E-state index in [4.69, 9.17) is 16.6 Å². The van der Waals surface area contributed by atoms with Crippen LogP contribution in [-0.2, 0) is 0 Å². The summed E-state index contributed by atoms with van der Waals surface area (Å²) in [5.74, 6) is 0.979. The molecule has 2 saturated heterocycles. The minimum atomic E-state index is -2.54. The Morgan fingerprint density at radius 2 is 1.88 bits per heavy atom. The molecule has 5 rings (SSSR count). The topological polar surface area (TPSA) is 49.2 Å². The van der Waals surface area contributed by atoms with E-state index in [1.54, 1.807) is 6.92 Å². The van der Waals surface area contributed by atoms with E-state index in [2.05, 4.69) is 32.3 Å². The molecule has 4 heterocycles. The SMILES string of the molecule is Cc1cnn(C2CCCN(c3cc(Cl)ccc3-c3ccc(N4CCNCC4)nc3)C2)c1C(F)F. The van der Waals surface area contributed by atoms with Gasteiger partial charge in [0.05, 0.1) is 12.2 Å². The smallest absolute Gasteiger partial charge is 0.280 e. The molecule has 1 unspecified atom stereocenters. The maximum Gasteiger partial charge on any atom is 0.280 e. The van der Waals surface area contributed by atoms with Crippen LogP contribution in [0.15, 0.2) is 42.7 Å². The van der Waals surface area contributed by atoms with E-state index in [1.165, 1.54) is 10.9 Å². The Bertz CT molecular complexity index is 1130. The van der Waals surface area contributed by atoms with Gasteiger partial charge in [-0.15, -0.1) is 0 Å². The van der Waals surface area contributed by atoms with E-state index in [0.29, 0.717) is 17.1 Å². The van der Waals surface area contributed by atoms with Crippen molar-refractivity contribution in [3.8, 4) is 11.1 Å². The normalized spacial score (nSPS) is 19.1. The number of piperazine rings is 1. The number of aromatic nitrogens is 3. The second-order valence-electron chi connectivity index (χ2n) is 9.00. The highest BCUT2D eigenvalue weighted by molar-refractivity contribution is 6.31. The summed E-state index contributed by atoms with van der Waals surface area (Å²) in [5, 5.41) is 8.32. The first kappa shape index (κ1) is 23.1. The number of halogens is 3. The molecule has 0 radical (unpaired) electrons. The third kappa shape index (κ3) is 4.61. The van der Waals surface area contributed by atoms with Crippen LogP contribution in [0.2, 0.25) is 5.02 Å². The Morgan fingerprint density at radius 3 is 2.62 bits per heavy atom. The first-order valence-electron chi connectivity index (χ1n) is 11.8. The number of hydrogen-bond acceptors (Lipinski definition) is 5. The molecule has 1 aromatic carbocycles. The van der Waals surface area contributed by atoms with Gasteiger partial charge in [-0.2, -0.15) is 5.10 Å². The third-order valence-electron chi connectivity index (χ3n) is 6.78. The molecule has 34 heavy (non-hydrogen) atoms. The van der Waals surface area contributed by atoms with Crippen LogP contribution in [0.1, 0.15) is 36.6 Å². The zero-order chi connectivity index (χ0) is 23.7. The van der Waals surface area contributed by atoms with Crippen molar-refractivity contribution in [1.82, 2.24) is 20.1 Å². The third-order valence-corrected chi connectivity index (χ3v) is 7.01. The van der Waals surface area contributed by atoms with Crippen molar-refractivity contribution in [3.05, 3.63) is 59.0 Å². The fourth-order valence-corrected chi connectivity index (χ4v) is 5.20. The molecule has 2 aliphatic heterocycles. The van der Waals surface area contributed by atoms with Gasteiger partial charge in [0, 0.05) is 67.3 Å². The summed E-state index contributed by atoms with van der Waals surface area (Å²) in [4.78, 5) is 9.26. The maximum atomic E-state index is 13.7. The van der Waals surface area contributed by atoms with Crippen molar-refractivity contribution in [2.24, 2.45) is 0 Å². The number of benzene rings is 1. The van der Waals surface area contributed by atoms with Crippen LogP contribution in [0.5, 0.6) is 0 Å². The lowest BCUT2D eigenvalue weighted by molar-refractivity contribution is 0.133. The molecule has 0 amide bonds. The van der Waals surface area contributed by atoms with Gasteiger partial charge in [-0.3, -0.25) is 4.68 Å². The minimum Gasteiger partial charge on any atom is -0.369 e. The van der Waals surface area contributed by atoms with Crippen LogP contribution in [0, 0.1) is 6.92 Å². The number of hydrogen-bond donors (Lipinski definition) is 1. The molecular formula is C25H29ClF2N6. The highest BCUT2D eigenvalue weighted by atomic mass is 35.5. The van der Waals surface area contributed by atoms with Gasteiger partial charge in [0.2, 0.25) is 0 Å². The van der Waals surface area contributed by atoms with Crippen LogP contribution in [0.3, 0.4) is 0 Å². The maximum absolute atomic E-state index is 13.7. The molecule has 9 heteroatoms. The number of aryl methyl sites for hydroxylation is 1. The number of alkyl halides is 2. The fraction of sp³-hybridized carbons (Fsp3) is 0.440. The van der Waals surface area contributed by atoms with Crippen LogP contribution >= 0.6 is 11.6 Å². The molecule has 0 saturated carbocycles. The summed E-state index contributed by atoms with van der Waals surface area (Å²) in [6.07, 6.45) is 2.61. The molecular weight excluding hydrogens is 458 g/mol. The predicted octanol–water partition coefficient (Wildman–Crippen LogP) is 5.10. The summed E-state index contributed by atoms with van der Waals surface area (Å²) >= 11 is 6.40.